The molecule has 0 radical (unpaired) electrons. The molecule has 1 aromatic carbocycles. The summed E-state index contributed by atoms with van der Waals surface area (Å²) in [5, 5.41) is 21.2. The highest BCUT2D eigenvalue weighted by Crippen LogP contribution is 2.28. The summed E-state index contributed by atoms with van der Waals surface area (Å²) in [5.74, 6) is -0.197. The fraction of sp³-hybridized carbons (Fsp3) is 0.444. The van der Waals surface area contributed by atoms with E-state index in [0.717, 1.165) is 25.9 Å². The summed E-state index contributed by atoms with van der Waals surface area (Å²) in [6, 6.07) is 6.00. The van der Waals surface area contributed by atoms with Crippen molar-refractivity contribution in [1.82, 2.24) is 20.4 Å². The van der Waals surface area contributed by atoms with Crippen molar-refractivity contribution in [3.8, 4) is 5.69 Å². The molecule has 28 heavy (non-hydrogen) atoms. The molecule has 10 heteroatoms. The Balaban J connectivity index is 0.00000280. The van der Waals surface area contributed by atoms with Crippen LogP contribution in [-0.4, -0.2) is 54.0 Å². The Kier molecular flexibility index (Phi) is 7.50. The number of carbonyl (C=O) groups excluding carboxylic acids is 1. The van der Waals surface area contributed by atoms with Gasteiger partial charge in [0.2, 0.25) is 0 Å². The van der Waals surface area contributed by atoms with E-state index >= 15 is 0 Å². The molecule has 1 aliphatic heterocycles. The second-order valence-corrected chi connectivity index (χ2v) is 6.81. The van der Waals surface area contributed by atoms with E-state index in [-0.39, 0.29) is 29.4 Å². The summed E-state index contributed by atoms with van der Waals surface area (Å²) in [4.78, 5) is 22.8. The van der Waals surface area contributed by atoms with Crippen molar-refractivity contribution >= 4 is 24.0 Å². The number of ether oxygens (including phenoxy) is 1. The zero-order valence-corrected chi connectivity index (χ0v) is 16.4. The highest BCUT2D eigenvalue weighted by molar-refractivity contribution is 5.93. The van der Waals surface area contributed by atoms with Gasteiger partial charge in [-0.2, -0.15) is 5.10 Å². The summed E-state index contributed by atoms with van der Waals surface area (Å²) in [6.45, 7) is 2.98. The fourth-order valence-electron chi connectivity index (χ4n) is 3.31. The number of nitro benzene ring substituents is 1. The van der Waals surface area contributed by atoms with Gasteiger partial charge >= 0.3 is 0 Å². The number of nitro groups is 1. The Bertz CT molecular complexity index is 797. The molecule has 2 aromatic rings. The lowest BCUT2D eigenvalue weighted by molar-refractivity contribution is -0.384. The summed E-state index contributed by atoms with van der Waals surface area (Å²) in [7, 11) is 1.68. The maximum absolute atomic E-state index is 12.5. The van der Waals surface area contributed by atoms with Crippen LogP contribution in [0.4, 0.5) is 5.69 Å². The number of rotatable bonds is 7. The third-order valence-corrected chi connectivity index (χ3v) is 4.91. The van der Waals surface area contributed by atoms with E-state index in [1.54, 1.807) is 25.4 Å². The number of amides is 1. The van der Waals surface area contributed by atoms with Crippen LogP contribution in [0.5, 0.6) is 0 Å². The monoisotopic (exact) mass is 409 g/mol. The minimum absolute atomic E-state index is 0. The van der Waals surface area contributed by atoms with E-state index in [1.807, 2.05) is 0 Å². The van der Waals surface area contributed by atoms with Crippen molar-refractivity contribution in [2.45, 2.75) is 12.8 Å². The summed E-state index contributed by atoms with van der Waals surface area (Å²) < 4.78 is 6.89. The summed E-state index contributed by atoms with van der Waals surface area (Å²) >= 11 is 0. The minimum atomic E-state index is -0.456. The van der Waals surface area contributed by atoms with Crippen molar-refractivity contribution in [3.05, 3.63) is 52.3 Å². The molecular formula is C18H24ClN5O4. The highest BCUT2D eigenvalue weighted by atomic mass is 35.5. The van der Waals surface area contributed by atoms with E-state index in [4.69, 9.17) is 4.74 Å². The molecule has 2 N–H and O–H groups in total. The molecule has 1 amide bonds. The van der Waals surface area contributed by atoms with Crippen molar-refractivity contribution in [2.24, 2.45) is 5.41 Å². The first-order chi connectivity index (χ1) is 13.0. The molecule has 0 saturated carbocycles. The summed E-state index contributed by atoms with van der Waals surface area (Å²) in [6.07, 6.45) is 5.00. The van der Waals surface area contributed by atoms with Crippen LogP contribution in [0.15, 0.2) is 36.7 Å². The Morgan fingerprint density at radius 1 is 1.36 bits per heavy atom. The zero-order chi connectivity index (χ0) is 19.3. The SMILES string of the molecule is COCC1(CNC(=O)c2cnn(-c3ccc([N+](=O)[O-])cc3)c2)CCNCC1.Cl. The Morgan fingerprint density at radius 2 is 2.04 bits per heavy atom. The Hall–Kier alpha value is -2.49. The van der Waals surface area contributed by atoms with Crippen LogP contribution in [0.3, 0.4) is 0 Å². The van der Waals surface area contributed by atoms with Gasteiger partial charge in [0, 0.05) is 37.4 Å². The zero-order valence-electron chi connectivity index (χ0n) is 15.6. The molecule has 0 spiro atoms. The van der Waals surface area contributed by atoms with Crippen molar-refractivity contribution in [3.63, 3.8) is 0 Å². The molecule has 1 fully saturated rings. The average molecular weight is 410 g/mol. The van der Waals surface area contributed by atoms with Crippen LogP contribution < -0.4 is 10.6 Å². The van der Waals surface area contributed by atoms with Gasteiger partial charge < -0.3 is 15.4 Å². The van der Waals surface area contributed by atoms with Crippen LogP contribution in [-0.2, 0) is 4.74 Å². The third-order valence-electron chi connectivity index (χ3n) is 4.91. The van der Waals surface area contributed by atoms with Gasteiger partial charge in [-0.15, -0.1) is 12.4 Å². The molecule has 0 bridgehead atoms. The van der Waals surface area contributed by atoms with Crippen LogP contribution >= 0.6 is 12.4 Å². The lowest BCUT2D eigenvalue weighted by Crippen LogP contribution is -2.47. The second-order valence-electron chi connectivity index (χ2n) is 6.81. The van der Waals surface area contributed by atoms with E-state index < -0.39 is 4.92 Å². The molecule has 2 heterocycles. The van der Waals surface area contributed by atoms with Crippen LogP contribution in [0, 0.1) is 15.5 Å². The molecule has 0 unspecified atom stereocenters. The van der Waals surface area contributed by atoms with Gasteiger partial charge in [-0.1, -0.05) is 0 Å². The van der Waals surface area contributed by atoms with E-state index in [2.05, 4.69) is 15.7 Å². The number of halogens is 1. The summed E-state index contributed by atoms with van der Waals surface area (Å²) in [5.41, 5.74) is 1.04. The molecular weight excluding hydrogens is 386 g/mol. The maximum atomic E-state index is 12.5. The predicted molar refractivity (Wildman–Crippen MR) is 106 cm³/mol. The molecule has 9 nitrogen and oxygen atoms in total. The average Bonchev–Trinajstić information content (AvgIpc) is 3.17. The van der Waals surface area contributed by atoms with Crippen molar-refractivity contribution in [2.75, 3.05) is 33.4 Å². The normalized spacial score (nSPS) is 15.5. The number of carbonyl (C=O) groups is 1. The lowest BCUT2D eigenvalue weighted by Gasteiger charge is -2.37. The van der Waals surface area contributed by atoms with Crippen LogP contribution in [0.25, 0.3) is 5.69 Å². The van der Waals surface area contributed by atoms with Gasteiger partial charge in [-0.05, 0) is 38.1 Å². The van der Waals surface area contributed by atoms with E-state index in [1.165, 1.54) is 23.0 Å². The number of benzene rings is 1. The maximum Gasteiger partial charge on any atom is 0.269 e. The minimum Gasteiger partial charge on any atom is -0.384 e. The van der Waals surface area contributed by atoms with Gasteiger partial charge in [0.15, 0.2) is 0 Å². The predicted octanol–water partition coefficient (Wildman–Crippen LogP) is 1.95. The van der Waals surface area contributed by atoms with E-state index in [0.29, 0.717) is 24.4 Å². The smallest absolute Gasteiger partial charge is 0.269 e. The molecule has 0 aliphatic carbocycles. The number of non-ortho nitro benzene ring substituents is 1. The Morgan fingerprint density at radius 3 is 2.64 bits per heavy atom. The first kappa shape index (κ1) is 21.8. The fourth-order valence-corrected chi connectivity index (χ4v) is 3.31. The van der Waals surface area contributed by atoms with Gasteiger partial charge in [0.1, 0.15) is 0 Å². The van der Waals surface area contributed by atoms with Crippen LogP contribution in [0.2, 0.25) is 0 Å². The largest absolute Gasteiger partial charge is 0.384 e. The molecule has 1 aliphatic rings. The second kappa shape index (κ2) is 9.63. The standard InChI is InChI=1S/C18H23N5O4.ClH/c1-27-13-18(6-8-19-9-7-18)12-20-17(24)14-10-21-22(11-14)15-2-4-16(5-3-15)23(25)26;/h2-5,10-11,19H,6-9,12-13H2,1H3,(H,20,24);1H. The number of aromatic nitrogens is 2. The number of hydrogen-bond acceptors (Lipinski definition) is 6. The van der Waals surface area contributed by atoms with Gasteiger partial charge in [0.05, 0.1) is 29.0 Å². The Labute approximate surface area is 169 Å². The highest BCUT2D eigenvalue weighted by Gasteiger charge is 2.32. The molecule has 3 rings (SSSR count). The van der Waals surface area contributed by atoms with Gasteiger partial charge in [0.25, 0.3) is 11.6 Å². The number of nitrogens with one attached hydrogen (secondary N) is 2. The number of methoxy groups -OCH3 is 1. The number of piperidine rings is 1. The lowest BCUT2D eigenvalue weighted by atomic mass is 9.79. The third kappa shape index (κ3) is 5.06. The van der Waals surface area contributed by atoms with Gasteiger partial charge in [-0.3, -0.25) is 14.9 Å². The molecule has 1 saturated heterocycles. The first-order valence-corrected chi connectivity index (χ1v) is 8.80. The van der Waals surface area contributed by atoms with Crippen molar-refractivity contribution < 1.29 is 14.5 Å². The van der Waals surface area contributed by atoms with Crippen molar-refractivity contribution in [1.29, 1.82) is 0 Å². The van der Waals surface area contributed by atoms with E-state index in [9.17, 15) is 14.9 Å². The number of hydrogen-bond donors (Lipinski definition) is 2. The van der Waals surface area contributed by atoms with Gasteiger partial charge in [-0.25, -0.2) is 4.68 Å². The quantitative estimate of drug-likeness (QED) is 0.534. The molecule has 0 atom stereocenters. The topological polar surface area (TPSA) is 111 Å². The first-order valence-electron chi connectivity index (χ1n) is 8.80. The van der Waals surface area contributed by atoms with Crippen LogP contribution in [0.1, 0.15) is 23.2 Å². The molecule has 1 aromatic heterocycles. The molecule has 152 valence electrons. The number of nitrogens with zero attached hydrogens (tertiary/aromatic N) is 3.